The summed E-state index contributed by atoms with van der Waals surface area (Å²) < 4.78 is 5.85. The molecule has 2 fully saturated rings. The van der Waals surface area contributed by atoms with Gasteiger partial charge in [-0.25, -0.2) is 4.79 Å². The number of hydrogen-bond donors (Lipinski definition) is 2. The minimum atomic E-state index is -0.225. The van der Waals surface area contributed by atoms with Crippen LogP contribution in [0, 0.1) is 5.92 Å². The number of rotatable bonds is 5. The highest BCUT2D eigenvalue weighted by Crippen LogP contribution is 2.23. The second-order valence-electron chi connectivity index (χ2n) is 9.18. The molecule has 2 saturated heterocycles. The van der Waals surface area contributed by atoms with Crippen LogP contribution >= 0.6 is 0 Å². The van der Waals surface area contributed by atoms with E-state index in [-0.39, 0.29) is 30.1 Å². The Hall–Kier alpha value is -2.90. The largest absolute Gasteiger partial charge is 0.373 e. The van der Waals surface area contributed by atoms with Crippen LogP contribution in [0.15, 0.2) is 54.6 Å². The molecule has 0 spiro atoms. The number of carbonyl (C=O) groups excluding carboxylic acids is 2. The predicted molar refractivity (Wildman–Crippen MR) is 130 cm³/mol. The first-order valence-electron chi connectivity index (χ1n) is 11.9. The van der Waals surface area contributed by atoms with Crippen LogP contribution in [0.2, 0.25) is 0 Å². The number of benzene rings is 2. The van der Waals surface area contributed by atoms with Crippen molar-refractivity contribution < 1.29 is 14.3 Å². The lowest BCUT2D eigenvalue weighted by Crippen LogP contribution is -2.46. The maximum Gasteiger partial charge on any atom is 0.321 e. The fourth-order valence-corrected chi connectivity index (χ4v) is 4.77. The molecule has 0 aromatic heterocycles. The highest BCUT2D eigenvalue weighted by molar-refractivity contribution is 5.94. The third-order valence-electron chi connectivity index (χ3n) is 6.27. The lowest BCUT2D eigenvalue weighted by molar-refractivity contribution is -0.121. The molecule has 33 heavy (non-hydrogen) atoms. The number of ether oxygens (including phenoxy) is 1. The van der Waals surface area contributed by atoms with E-state index in [1.54, 1.807) is 4.90 Å². The second kappa shape index (κ2) is 10.8. The summed E-state index contributed by atoms with van der Waals surface area (Å²) in [5.41, 5.74) is 2.71. The van der Waals surface area contributed by atoms with E-state index in [1.807, 2.05) is 48.5 Å². The van der Waals surface area contributed by atoms with Gasteiger partial charge in [-0.1, -0.05) is 36.4 Å². The van der Waals surface area contributed by atoms with Crippen molar-refractivity contribution in [2.45, 2.75) is 45.4 Å². The zero-order valence-corrected chi connectivity index (χ0v) is 19.5. The molecule has 2 N–H and O–H groups in total. The molecule has 2 heterocycles. The molecule has 3 unspecified atom stereocenters. The maximum atomic E-state index is 13.1. The Morgan fingerprint density at radius 3 is 2.39 bits per heavy atom. The van der Waals surface area contributed by atoms with E-state index < -0.39 is 0 Å². The summed E-state index contributed by atoms with van der Waals surface area (Å²) in [7, 11) is 0. The average molecular weight is 451 g/mol. The van der Waals surface area contributed by atoms with Gasteiger partial charge in [-0.15, -0.1) is 0 Å². The Morgan fingerprint density at radius 1 is 0.939 bits per heavy atom. The summed E-state index contributed by atoms with van der Waals surface area (Å²) in [6.45, 7) is 7.79. The van der Waals surface area contributed by atoms with E-state index in [4.69, 9.17) is 4.74 Å². The van der Waals surface area contributed by atoms with Crippen LogP contribution in [0.3, 0.4) is 0 Å². The topological polar surface area (TPSA) is 73.9 Å². The standard InChI is InChI=1S/C26H34N4O3/c1-19-15-29(16-20(2)33-19)17-21-9-6-7-13-24(21)28-25(31)22-10-8-14-30(18-22)26(32)27-23-11-4-3-5-12-23/h3-7,9,11-13,19-20,22H,8,10,14-18H2,1-2H3,(H,27,32)(H,28,31). The van der Waals surface area contributed by atoms with Crippen molar-refractivity contribution in [3.05, 3.63) is 60.2 Å². The van der Waals surface area contributed by atoms with Gasteiger partial charge in [-0.2, -0.15) is 0 Å². The van der Waals surface area contributed by atoms with Gasteiger partial charge in [0.25, 0.3) is 0 Å². The molecule has 0 bridgehead atoms. The summed E-state index contributed by atoms with van der Waals surface area (Å²) in [4.78, 5) is 29.9. The first-order valence-corrected chi connectivity index (χ1v) is 11.9. The summed E-state index contributed by atoms with van der Waals surface area (Å²) in [5.74, 6) is -0.250. The summed E-state index contributed by atoms with van der Waals surface area (Å²) in [6, 6.07) is 17.2. The van der Waals surface area contributed by atoms with Gasteiger partial charge in [-0.05, 0) is 50.5 Å². The van der Waals surface area contributed by atoms with Gasteiger partial charge in [0.15, 0.2) is 0 Å². The Labute approximate surface area is 196 Å². The fraction of sp³-hybridized carbons (Fsp3) is 0.462. The number of para-hydroxylation sites is 2. The van der Waals surface area contributed by atoms with Crippen LogP contribution in [0.4, 0.5) is 16.2 Å². The van der Waals surface area contributed by atoms with Crippen LogP contribution in [-0.2, 0) is 16.1 Å². The molecule has 2 aromatic rings. The van der Waals surface area contributed by atoms with Crippen LogP contribution in [0.5, 0.6) is 0 Å². The number of hydrogen-bond acceptors (Lipinski definition) is 4. The molecule has 176 valence electrons. The zero-order valence-electron chi connectivity index (χ0n) is 19.5. The average Bonchev–Trinajstić information content (AvgIpc) is 2.80. The second-order valence-corrected chi connectivity index (χ2v) is 9.18. The van der Waals surface area contributed by atoms with Gasteiger partial charge in [0.05, 0.1) is 18.1 Å². The van der Waals surface area contributed by atoms with Gasteiger partial charge in [-0.3, -0.25) is 9.69 Å². The third kappa shape index (κ3) is 6.33. The van der Waals surface area contributed by atoms with Crippen LogP contribution < -0.4 is 10.6 Å². The molecule has 7 heteroatoms. The van der Waals surface area contributed by atoms with Crippen molar-refractivity contribution in [1.29, 1.82) is 0 Å². The smallest absolute Gasteiger partial charge is 0.321 e. The molecular weight excluding hydrogens is 416 g/mol. The molecule has 2 aromatic carbocycles. The molecule has 4 rings (SSSR count). The monoisotopic (exact) mass is 450 g/mol. The van der Waals surface area contributed by atoms with Crippen molar-refractivity contribution in [3.8, 4) is 0 Å². The Bertz CT molecular complexity index is 942. The molecule has 3 atom stereocenters. The molecule has 0 aliphatic carbocycles. The SMILES string of the molecule is CC1CN(Cc2ccccc2NC(=O)C2CCCN(C(=O)Nc3ccccc3)C2)CC(C)O1. The Morgan fingerprint density at radius 2 is 1.64 bits per heavy atom. The van der Waals surface area contributed by atoms with E-state index >= 15 is 0 Å². The highest BCUT2D eigenvalue weighted by atomic mass is 16.5. The molecule has 2 aliphatic heterocycles. The van der Waals surface area contributed by atoms with E-state index in [1.165, 1.54) is 0 Å². The van der Waals surface area contributed by atoms with Crippen molar-refractivity contribution in [1.82, 2.24) is 9.80 Å². The van der Waals surface area contributed by atoms with Gasteiger partial charge < -0.3 is 20.3 Å². The van der Waals surface area contributed by atoms with Gasteiger partial charge in [0.2, 0.25) is 5.91 Å². The molecule has 7 nitrogen and oxygen atoms in total. The van der Waals surface area contributed by atoms with Gasteiger partial charge in [0.1, 0.15) is 0 Å². The minimum Gasteiger partial charge on any atom is -0.373 e. The molecule has 0 radical (unpaired) electrons. The first kappa shape index (κ1) is 23.3. The van der Waals surface area contributed by atoms with E-state index in [0.29, 0.717) is 13.1 Å². The molecular formula is C26H34N4O3. The lowest BCUT2D eigenvalue weighted by atomic mass is 9.97. The van der Waals surface area contributed by atoms with Crippen molar-refractivity contribution in [3.63, 3.8) is 0 Å². The number of morpholine rings is 1. The molecule has 3 amide bonds. The van der Waals surface area contributed by atoms with Crippen molar-refractivity contribution >= 4 is 23.3 Å². The summed E-state index contributed by atoms with van der Waals surface area (Å²) in [6.07, 6.45) is 1.99. The summed E-state index contributed by atoms with van der Waals surface area (Å²) >= 11 is 0. The number of carbonyl (C=O) groups is 2. The minimum absolute atomic E-state index is 0.0247. The van der Waals surface area contributed by atoms with Gasteiger partial charge in [0, 0.05) is 44.1 Å². The van der Waals surface area contributed by atoms with E-state index in [9.17, 15) is 9.59 Å². The number of amides is 3. The number of likely N-dealkylation sites (tertiary alicyclic amines) is 1. The third-order valence-corrected chi connectivity index (χ3v) is 6.27. The normalized spacial score (nSPS) is 23.7. The number of anilines is 2. The zero-order chi connectivity index (χ0) is 23.2. The van der Waals surface area contributed by atoms with E-state index in [0.717, 1.165) is 49.4 Å². The first-order chi connectivity index (χ1) is 16.0. The van der Waals surface area contributed by atoms with Crippen LogP contribution in [0.1, 0.15) is 32.3 Å². The van der Waals surface area contributed by atoms with Crippen molar-refractivity contribution in [2.75, 3.05) is 36.8 Å². The van der Waals surface area contributed by atoms with E-state index in [2.05, 4.69) is 35.4 Å². The van der Waals surface area contributed by atoms with Crippen LogP contribution in [0.25, 0.3) is 0 Å². The molecule has 0 saturated carbocycles. The Balaban J connectivity index is 1.36. The predicted octanol–water partition coefficient (Wildman–Crippen LogP) is 4.18. The number of piperidine rings is 1. The van der Waals surface area contributed by atoms with Crippen LogP contribution in [-0.4, -0.2) is 60.1 Å². The molecule has 2 aliphatic rings. The van der Waals surface area contributed by atoms with Gasteiger partial charge >= 0.3 is 6.03 Å². The fourth-order valence-electron chi connectivity index (χ4n) is 4.77. The maximum absolute atomic E-state index is 13.1. The Kier molecular flexibility index (Phi) is 7.62. The lowest BCUT2D eigenvalue weighted by Gasteiger charge is -2.35. The number of urea groups is 1. The number of nitrogens with zero attached hydrogens (tertiary/aromatic N) is 2. The summed E-state index contributed by atoms with van der Waals surface area (Å²) in [5, 5.41) is 6.07. The van der Waals surface area contributed by atoms with Crippen molar-refractivity contribution in [2.24, 2.45) is 5.92 Å². The highest BCUT2D eigenvalue weighted by Gasteiger charge is 2.29. The quantitative estimate of drug-likeness (QED) is 0.717. The number of nitrogens with one attached hydrogen (secondary N) is 2.